The molecule has 0 bridgehead atoms. The summed E-state index contributed by atoms with van der Waals surface area (Å²) in [4.78, 5) is 27.3. The predicted molar refractivity (Wildman–Crippen MR) is 108 cm³/mol. The number of aromatic nitrogens is 1. The molecule has 1 aromatic carbocycles. The normalized spacial score (nSPS) is 11.1. The molecule has 168 valence electrons. The third-order valence-corrected chi connectivity index (χ3v) is 5.19. The SMILES string of the molecule is COC(=O)c1cc(OCCOCCOS(=O)(=O)c2ccc(C)cc2)cc(C(=O)OC)n1. The number of nitrogens with zero attached hydrogens (tertiary/aromatic N) is 1. The number of esters is 2. The Morgan fingerprint density at radius 3 is 1.97 bits per heavy atom. The number of hydrogen-bond donors (Lipinski definition) is 0. The first-order valence-electron chi connectivity index (χ1n) is 9.12. The highest BCUT2D eigenvalue weighted by atomic mass is 32.2. The van der Waals surface area contributed by atoms with E-state index in [9.17, 15) is 18.0 Å². The van der Waals surface area contributed by atoms with Crippen molar-refractivity contribution >= 4 is 22.1 Å². The van der Waals surface area contributed by atoms with Gasteiger partial charge in [0.15, 0.2) is 11.4 Å². The molecule has 31 heavy (non-hydrogen) atoms. The van der Waals surface area contributed by atoms with Crippen molar-refractivity contribution in [2.45, 2.75) is 11.8 Å². The lowest BCUT2D eigenvalue weighted by atomic mass is 10.2. The van der Waals surface area contributed by atoms with Crippen molar-refractivity contribution in [2.75, 3.05) is 40.6 Å². The van der Waals surface area contributed by atoms with Gasteiger partial charge in [-0.05, 0) is 19.1 Å². The molecule has 11 heteroatoms. The maximum atomic E-state index is 12.1. The molecule has 0 aliphatic carbocycles. The Bertz CT molecular complexity index is 970. The smallest absolute Gasteiger partial charge is 0.356 e. The van der Waals surface area contributed by atoms with Gasteiger partial charge < -0.3 is 18.9 Å². The topological polar surface area (TPSA) is 127 Å². The minimum Gasteiger partial charge on any atom is -0.491 e. The van der Waals surface area contributed by atoms with Crippen molar-refractivity contribution in [3.63, 3.8) is 0 Å². The zero-order valence-electron chi connectivity index (χ0n) is 17.3. The summed E-state index contributed by atoms with van der Waals surface area (Å²) < 4.78 is 49.0. The van der Waals surface area contributed by atoms with Crippen LogP contribution in [0.4, 0.5) is 0 Å². The monoisotopic (exact) mass is 453 g/mol. The van der Waals surface area contributed by atoms with Crippen LogP contribution in [0.5, 0.6) is 5.75 Å². The van der Waals surface area contributed by atoms with E-state index in [-0.39, 0.29) is 48.5 Å². The summed E-state index contributed by atoms with van der Waals surface area (Å²) in [6.07, 6.45) is 0. The van der Waals surface area contributed by atoms with Crippen molar-refractivity contribution < 1.29 is 41.1 Å². The number of carbonyl (C=O) groups excluding carboxylic acids is 2. The second kappa shape index (κ2) is 11.4. The molecule has 2 rings (SSSR count). The Morgan fingerprint density at radius 2 is 1.42 bits per heavy atom. The quantitative estimate of drug-likeness (QED) is 0.282. The number of aryl methyl sites for hydroxylation is 1. The Balaban J connectivity index is 1.80. The lowest BCUT2D eigenvalue weighted by Crippen LogP contribution is -2.15. The minimum atomic E-state index is -3.85. The first kappa shape index (κ1) is 24.3. The number of ether oxygens (including phenoxy) is 4. The highest BCUT2D eigenvalue weighted by Gasteiger charge is 2.17. The summed E-state index contributed by atoms with van der Waals surface area (Å²) in [5.41, 5.74) is 0.709. The number of benzene rings is 1. The molecule has 0 unspecified atom stereocenters. The largest absolute Gasteiger partial charge is 0.491 e. The van der Waals surface area contributed by atoms with Gasteiger partial charge in [0.05, 0.1) is 38.9 Å². The first-order chi connectivity index (χ1) is 14.8. The molecule has 0 fully saturated rings. The number of carbonyl (C=O) groups is 2. The maximum Gasteiger partial charge on any atom is 0.356 e. The van der Waals surface area contributed by atoms with E-state index in [1.807, 2.05) is 6.92 Å². The Kier molecular flexibility index (Phi) is 8.91. The molecule has 0 amide bonds. The van der Waals surface area contributed by atoms with Crippen LogP contribution in [0.25, 0.3) is 0 Å². The van der Waals surface area contributed by atoms with Gasteiger partial charge in [0, 0.05) is 12.1 Å². The third kappa shape index (κ3) is 7.31. The van der Waals surface area contributed by atoms with Crippen LogP contribution in [0.2, 0.25) is 0 Å². The van der Waals surface area contributed by atoms with Gasteiger partial charge in [-0.1, -0.05) is 17.7 Å². The molecule has 0 aliphatic rings. The number of rotatable bonds is 11. The summed E-state index contributed by atoms with van der Waals surface area (Å²) in [5.74, 6) is -1.28. The van der Waals surface area contributed by atoms with E-state index >= 15 is 0 Å². The lowest BCUT2D eigenvalue weighted by Gasteiger charge is -2.10. The fourth-order valence-electron chi connectivity index (χ4n) is 2.30. The third-order valence-electron chi connectivity index (χ3n) is 3.86. The first-order valence-corrected chi connectivity index (χ1v) is 10.5. The van der Waals surface area contributed by atoms with E-state index in [1.165, 1.54) is 38.5 Å². The van der Waals surface area contributed by atoms with Crippen LogP contribution in [0.15, 0.2) is 41.3 Å². The van der Waals surface area contributed by atoms with Crippen LogP contribution in [-0.2, 0) is 28.5 Å². The van der Waals surface area contributed by atoms with E-state index in [4.69, 9.17) is 13.7 Å². The minimum absolute atomic E-state index is 0.0195. The number of methoxy groups -OCH3 is 2. The van der Waals surface area contributed by atoms with Gasteiger partial charge in [-0.15, -0.1) is 0 Å². The second-order valence-corrected chi connectivity index (χ2v) is 7.72. The van der Waals surface area contributed by atoms with Crippen LogP contribution in [-0.4, -0.2) is 66.0 Å². The molecule has 0 aliphatic heterocycles. The molecule has 0 saturated heterocycles. The summed E-state index contributed by atoms with van der Waals surface area (Å²) in [6.45, 7) is 1.88. The predicted octanol–water partition coefficient (Wildman–Crippen LogP) is 1.76. The van der Waals surface area contributed by atoms with Crippen molar-refractivity contribution in [1.82, 2.24) is 4.98 Å². The molecule has 2 aromatic rings. The molecule has 0 N–H and O–H groups in total. The average Bonchev–Trinajstić information content (AvgIpc) is 2.77. The lowest BCUT2D eigenvalue weighted by molar-refractivity contribution is 0.0582. The van der Waals surface area contributed by atoms with Crippen molar-refractivity contribution in [3.8, 4) is 5.75 Å². The van der Waals surface area contributed by atoms with Gasteiger partial charge in [-0.3, -0.25) is 4.18 Å². The van der Waals surface area contributed by atoms with E-state index in [2.05, 4.69) is 14.5 Å². The highest BCUT2D eigenvalue weighted by Crippen LogP contribution is 2.16. The summed E-state index contributed by atoms with van der Waals surface area (Å²) in [7, 11) is -1.48. The zero-order valence-corrected chi connectivity index (χ0v) is 18.1. The van der Waals surface area contributed by atoms with Gasteiger partial charge in [0.1, 0.15) is 12.4 Å². The Morgan fingerprint density at radius 1 is 0.871 bits per heavy atom. The van der Waals surface area contributed by atoms with Gasteiger partial charge in [0.2, 0.25) is 0 Å². The molecule has 0 spiro atoms. The molecule has 1 heterocycles. The van der Waals surface area contributed by atoms with E-state index in [0.717, 1.165) is 5.56 Å². The van der Waals surface area contributed by atoms with Gasteiger partial charge in [0.25, 0.3) is 10.1 Å². The molecule has 0 saturated carbocycles. The van der Waals surface area contributed by atoms with E-state index < -0.39 is 22.1 Å². The van der Waals surface area contributed by atoms with E-state index in [0.29, 0.717) is 0 Å². The summed E-state index contributed by atoms with van der Waals surface area (Å²) in [5, 5.41) is 0. The average molecular weight is 453 g/mol. The molecule has 10 nitrogen and oxygen atoms in total. The van der Waals surface area contributed by atoms with Gasteiger partial charge in [-0.2, -0.15) is 8.42 Å². The number of hydrogen-bond acceptors (Lipinski definition) is 10. The zero-order chi connectivity index (χ0) is 22.9. The highest BCUT2D eigenvalue weighted by molar-refractivity contribution is 7.86. The van der Waals surface area contributed by atoms with Crippen LogP contribution < -0.4 is 4.74 Å². The standard InChI is InChI=1S/C20H23NO9S/c1-14-4-6-16(7-5-14)31(24,25)30-11-9-28-8-10-29-15-12-17(19(22)26-2)21-18(13-15)20(23)27-3/h4-7,12-13H,8-11H2,1-3H3. The molecule has 1 aromatic heterocycles. The molecular formula is C20H23NO9S. The Hall–Kier alpha value is -3.02. The van der Waals surface area contributed by atoms with Crippen LogP contribution in [0.3, 0.4) is 0 Å². The van der Waals surface area contributed by atoms with Crippen molar-refractivity contribution in [3.05, 3.63) is 53.3 Å². The maximum absolute atomic E-state index is 12.1. The molecule has 0 radical (unpaired) electrons. The van der Waals surface area contributed by atoms with Gasteiger partial charge >= 0.3 is 11.9 Å². The summed E-state index contributed by atoms with van der Waals surface area (Å²) in [6, 6.07) is 8.93. The van der Waals surface area contributed by atoms with Crippen LogP contribution >= 0.6 is 0 Å². The van der Waals surface area contributed by atoms with Crippen LogP contribution in [0.1, 0.15) is 26.5 Å². The second-order valence-electron chi connectivity index (χ2n) is 6.11. The molecule has 0 atom stereocenters. The van der Waals surface area contributed by atoms with Crippen molar-refractivity contribution in [1.29, 1.82) is 0 Å². The summed E-state index contributed by atoms with van der Waals surface area (Å²) >= 11 is 0. The fourth-order valence-corrected chi connectivity index (χ4v) is 3.20. The van der Waals surface area contributed by atoms with Crippen molar-refractivity contribution in [2.24, 2.45) is 0 Å². The number of pyridine rings is 1. The fraction of sp³-hybridized carbons (Fsp3) is 0.350. The van der Waals surface area contributed by atoms with Crippen LogP contribution in [0, 0.1) is 6.92 Å². The Labute approximate surface area is 180 Å². The van der Waals surface area contributed by atoms with E-state index in [1.54, 1.807) is 12.1 Å². The molecular weight excluding hydrogens is 430 g/mol. The van der Waals surface area contributed by atoms with Gasteiger partial charge in [-0.25, -0.2) is 14.6 Å².